The molecule has 1 aromatic rings. The number of benzene rings is 1. The van der Waals surface area contributed by atoms with Gasteiger partial charge in [0.2, 0.25) is 29.5 Å². The number of primary amides is 1. The lowest BCUT2D eigenvalue weighted by Gasteiger charge is -2.23. The summed E-state index contributed by atoms with van der Waals surface area (Å²) in [6, 6.07) is 4.09. The Morgan fingerprint density at radius 1 is 0.593 bits per heavy atom. The van der Waals surface area contributed by atoms with Crippen molar-refractivity contribution < 1.29 is 63.6 Å². The summed E-state index contributed by atoms with van der Waals surface area (Å²) in [5.41, 5.74) is 6.42. The summed E-state index contributed by atoms with van der Waals surface area (Å²) in [5, 5.41) is 51.8. The predicted octanol–water partition coefficient (Wildman–Crippen LogP) is -3.42. The number of nitrogens with one attached hydrogen (secondary N) is 6. The fraction of sp³-hybridized carbons (Fsp3) is 0.545. The van der Waals surface area contributed by atoms with Gasteiger partial charge in [0.15, 0.2) is 0 Å². The number of carbonyl (C=O) groups is 9. The van der Waals surface area contributed by atoms with E-state index < -0.39 is 78.3 Å². The molecule has 2 atom stereocenters. The van der Waals surface area contributed by atoms with Crippen molar-refractivity contribution in [3.8, 4) is 0 Å². The molecule has 300 valence electrons. The first-order chi connectivity index (χ1) is 25.5. The summed E-state index contributed by atoms with van der Waals surface area (Å²) in [7, 11) is 0. The van der Waals surface area contributed by atoms with Crippen LogP contribution in [0.15, 0.2) is 24.3 Å². The number of hydrogen-bond donors (Lipinski definition) is 11. The van der Waals surface area contributed by atoms with Crippen molar-refractivity contribution in [1.82, 2.24) is 36.8 Å². The van der Waals surface area contributed by atoms with Crippen molar-refractivity contribution in [2.75, 3.05) is 52.4 Å². The molecule has 0 bridgehead atoms. The number of hydrogen-bond acceptors (Lipinski definition) is 12. The maximum absolute atomic E-state index is 13.2. The van der Waals surface area contributed by atoms with Crippen LogP contribution in [-0.4, -0.2) is 143 Å². The third-order valence-electron chi connectivity index (χ3n) is 7.48. The second-order valence-electron chi connectivity index (χ2n) is 12.1. The van der Waals surface area contributed by atoms with Crippen molar-refractivity contribution in [2.24, 2.45) is 5.73 Å². The summed E-state index contributed by atoms with van der Waals surface area (Å²) in [5.74, 6) is -7.99. The van der Waals surface area contributed by atoms with E-state index in [9.17, 15) is 48.3 Å². The van der Waals surface area contributed by atoms with Crippen LogP contribution in [0.4, 0.5) is 0 Å². The highest BCUT2D eigenvalue weighted by atomic mass is 16.4. The predicted molar refractivity (Wildman–Crippen MR) is 188 cm³/mol. The molecule has 0 aliphatic heterocycles. The van der Waals surface area contributed by atoms with Gasteiger partial charge in [-0.2, -0.15) is 0 Å². The zero-order valence-corrected chi connectivity index (χ0v) is 29.8. The van der Waals surface area contributed by atoms with Gasteiger partial charge in [0.25, 0.3) is 0 Å². The van der Waals surface area contributed by atoms with Crippen LogP contribution >= 0.6 is 0 Å². The summed E-state index contributed by atoms with van der Waals surface area (Å²) in [6.07, 6.45) is -2.15. The van der Waals surface area contributed by atoms with Crippen molar-refractivity contribution in [1.29, 1.82) is 0 Å². The molecule has 0 unspecified atom stereocenters. The summed E-state index contributed by atoms with van der Waals surface area (Å²) >= 11 is 0. The number of rotatable bonds is 30. The van der Waals surface area contributed by atoms with Gasteiger partial charge in [0.05, 0.1) is 19.5 Å². The van der Waals surface area contributed by atoms with Gasteiger partial charge in [0.1, 0.15) is 12.1 Å². The molecule has 0 radical (unpaired) electrons. The van der Waals surface area contributed by atoms with E-state index in [2.05, 4.69) is 31.9 Å². The summed E-state index contributed by atoms with van der Waals surface area (Å²) in [6.45, 7) is 1.26. The molecule has 0 saturated carbocycles. The number of carboxylic acid groups (broad SMARTS) is 4. The Balaban J connectivity index is 2.75. The largest absolute Gasteiger partial charge is 0.481 e. The number of nitrogens with zero attached hydrogens (tertiary/aromatic N) is 1. The molecule has 1 aromatic carbocycles. The lowest BCUT2D eigenvalue weighted by atomic mass is 10.1. The molecule has 54 heavy (non-hydrogen) atoms. The van der Waals surface area contributed by atoms with Crippen LogP contribution < -0.4 is 37.6 Å². The fourth-order valence-corrected chi connectivity index (χ4v) is 4.75. The van der Waals surface area contributed by atoms with E-state index in [0.29, 0.717) is 38.3 Å². The fourth-order valence-electron chi connectivity index (χ4n) is 4.75. The van der Waals surface area contributed by atoms with Gasteiger partial charge in [-0.3, -0.25) is 48.1 Å². The first-order valence-corrected chi connectivity index (χ1v) is 17.1. The molecule has 0 saturated heterocycles. The minimum absolute atomic E-state index is 0.00379. The SMILES string of the molecule is NC(=O)CCNC(=O)CCNC(=O)[C@@H](CCC(=O)O)NC(=O)[C@@H](CCC(=O)O)NC(=O)Cc1ccc(CNCCN(CCNCC(=O)O)CC(=O)O)cc1. The highest BCUT2D eigenvalue weighted by molar-refractivity contribution is 5.93. The van der Waals surface area contributed by atoms with Gasteiger partial charge in [-0.25, -0.2) is 0 Å². The third-order valence-corrected chi connectivity index (χ3v) is 7.48. The average molecular weight is 767 g/mol. The van der Waals surface area contributed by atoms with E-state index in [1.54, 1.807) is 29.2 Å². The van der Waals surface area contributed by atoms with Gasteiger partial charge in [0, 0.05) is 71.5 Å². The van der Waals surface area contributed by atoms with Gasteiger partial charge in [-0.15, -0.1) is 0 Å². The second kappa shape index (κ2) is 26.1. The number of amides is 5. The van der Waals surface area contributed by atoms with Crippen LogP contribution in [0.3, 0.4) is 0 Å². The molecule has 0 heterocycles. The topological polar surface area (TPSA) is 336 Å². The number of aliphatic carboxylic acids is 4. The van der Waals surface area contributed by atoms with E-state index in [1.807, 2.05) is 0 Å². The van der Waals surface area contributed by atoms with Gasteiger partial charge < -0.3 is 58.1 Å². The van der Waals surface area contributed by atoms with Crippen LogP contribution in [-0.2, 0) is 56.1 Å². The van der Waals surface area contributed by atoms with Crippen LogP contribution in [0, 0.1) is 0 Å². The van der Waals surface area contributed by atoms with E-state index in [1.165, 1.54) is 0 Å². The Morgan fingerprint density at radius 2 is 1.15 bits per heavy atom. The quantitative estimate of drug-likeness (QED) is 0.0340. The summed E-state index contributed by atoms with van der Waals surface area (Å²) in [4.78, 5) is 108. The van der Waals surface area contributed by atoms with Gasteiger partial charge >= 0.3 is 23.9 Å². The Morgan fingerprint density at radius 3 is 1.70 bits per heavy atom. The standard InChI is InChI=1S/C33H50N8O13/c34-25(42)9-11-37-26(43)10-12-38-32(53)23(5-7-28(45)46)40-33(54)24(6-8-29(47)48)39-27(44)17-21-1-3-22(4-2-21)18-35-13-15-41(20-31(51)52)16-14-36-19-30(49)50/h1-4,23-24,35-36H,5-20H2,(H2,34,42)(H,37,43)(H,38,53)(H,39,44)(H,40,54)(H,45,46)(H,47,48)(H,49,50)(H,51,52)/t23-,24-/m1/s1. The molecule has 21 heteroatoms. The van der Waals surface area contributed by atoms with E-state index in [-0.39, 0.29) is 58.3 Å². The van der Waals surface area contributed by atoms with Crippen LogP contribution in [0.25, 0.3) is 0 Å². The number of carboxylic acids is 4. The Bertz CT molecular complexity index is 1440. The highest BCUT2D eigenvalue weighted by Crippen LogP contribution is 2.08. The molecule has 0 aromatic heterocycles. The highest BCUT2D eigenvalue weighted by Gasteiger charge is 2.28. The first kappa shape index (κ1) is 46.4. The minimum Gasteiger partial charge on any atom is -0.481 e. The minimum atomic E-state index is -1.39. The molecule has 5 amide bonds. The second-order valence-corrected chi connectivity index (χ2v) is 12.1. The van der Waals surface area contributed by atoms with Crippen molar-refractivity contribution in [3.05, 3.63) is 35.4 Å². The summed E-state index contributed by atoms with van der Waals surface area (Å²) < 4.78 is 0. The maximum atomic E-state index is 13.2. The Hall–Kier alpha value is -5.67. The van der Waals surface area contributed by atoms with Crippen LogP contribution in [0.2, 0.25) is 0 Å². The molecular weight excluding hydrogens is 716 g/mol. The molecule has 0 spiro atoms. The lowest BCUT2D eigenvalue weighted by Crippen LogP contribution is -2.54. The van der Waals surface area contributed by atoms with E-state index >= 15 is 0 Å². The third kappa shape index (κ3) is 23.0. The monoisotopic (exact) mass is 766 g/mol. The van der Waals surface area contributed by atoms with Crippen molar-refractivity contribution in [3.63, 3.8) is 0 Å². The Labute approximate surface area is 310 Å². The molecule has 12 N–H and O–H groups in total. The van der Waals surface area contributed by atoms with Crippen LogP contribution in [0.5, 0.6) is 0 Å². The Kier molecular flexibility index (Phi) is 22.4. The van der Waals surface area contributed by atoms with Gasteiger partial charge in [-0.05, 0) is 24.0 Å². The maximum Gasteiger partial charge on any atom is 0.317 e. The molecular formula is C33H50N8O13. The molecule has 0 aliphatic carbocycles. The van der Waals surface area contributed by atoms with Crippen LogP contribution in [0.1, 0.15) is 49.7 Å². The molecule has 21 nitrogen and oxygen atoms in total. The molecule has 0 fully saturated rings. The number of nitrogens with two attached hydrogens (primary N) is 1. The lowest BCUT2D eigenvalue weighted by molar-refractivity contribution is -0.139. The van der Waals surface area contributed by atoms with E-state index in [4.69, 9.17) is 21.1 Å². The average Bonchev–Trinajstić information content (AvgIpc) is 3.08. The normalized spacial score (nSPS) is 11.9. The number of carbonyl (C=O) groups excluding carboxylic acids is 5. The van der Waals surface area contributed by atoms with Crippen molar-refractivity contribution in [2.45, 2.75) is 63.6 Å². The smallest absolute Gasteiger partial charge is 0.317 e. The first-order valence-electron chi connectivity index (χ1n) is 17.1. The van der Waals surface area contributed by atoms with E-state index in [0.717, 1.165) is 5.56 Å². The zero-order chi connectivity index (χ0) is 40.5. The van der Waals surface area contributed by atoms with Crippen molar-refractivity contribution >= 4 is 53.4 Å². The zero-order valence-electron chi connectivity index (χ0n) is 29.8. The molecule has 0 aliphatic rings. The molecule has 1 rings (SSSR count). The van der Waals surface area contributed by atoms with Gasteiger partial charge in [-0.1, -0.05) is 24.3 Å².